The number of rotatable bonds is 14. The van der Waals surface area contributed by atoms with Gasteiger partial charge >= 0.3 is 6.03 Å². The number of sulfonamides is 1. The molecule has 9 heteroatoms. The summed E-state index contributed by atoms with van der Waals surface area (Å²) in [7, 11) is -3.38. The molecule has 0 spiro atoms. The molecule has 1 fully saturated rings. The number of carbonyl (C=O) groups is 1. The summed E-state index contributed by atoms with van der Waals surface area (Å²) in [4.78, 5) is 23.3. The Kier molecular flexibility index (Phi) is 11.7. The first-order chi connectivity index (χ1) is 14.6. The van der Waals surface area contributed by atoms with Crippen LogP contribution in [0.15, 0.2) is 24.5 Å². The summed E-state index contributed by atoms with van der Waals surface area (Å²) in [5.41, 5.74) is 1.08. The molecular formula is C21H36N4O4S. The molecule has 1 heterocycles. The second kappa shape index (κ2) is 14.3. The molecule has 0 atom stereocenters. The van der Waals surface area contributed by atoms with Crippen molar-refractivity contribution in [1.82, 2.24) is 20.5 Å². The molecule has 1 aliphatic rings. The lowest BCUT2D eigenvalue weighted by molar-refractivity contribution is 0.0519. The van der Waals surface area contributed by atoms with Crippen LogP contribution in [-0.2, 0) is 21.3 Å². The highest BCUT2D eigenvalue weighted by molar-refractivity contribution is 7.89. The van der Waals surface area contributed by atoms with E-state index in [4.69, 9.17) is 4.84 Å². The molecule has 1 aliphatic carbocycles. The standard InChI is InChI=1S/C21H36N4O4S/c26-21(24-15-12-19-11-8-13-22-17-19)23-14-6-1-2-7-16-30(27,28)25-29-18-20-9-4-3-5-10-20/h8,11,13,17,20,25H,1-7,9-10,12,14-16,18H2,(H2,23,24,26). The molecule has 0 bridgehead atoms. The first-order valence-electron chi connectivity index (χ1n) is 11.1. The van der Waals surface area contributed by atoms with E-state index >= 15 is 0 Å². The molecule has 1 aromatic heterocycles. The fraction of sp³-hybridized carbons (Fsp3) is 0.714. The van der Waals surface area contributed by atoms with Crippen molar-refractivity contribution >= 4 is 16.1 Å². The molecule has 0 aromatic carbocycles. The predicted molar refractivity (Wildman–Crippen MR) is 117 cm³/mol. The van der Waals surface area contributed by atoms with Crippen LogP contribution in [0, 0.1) is 5.92 Å². The lowest BCUT2D eigenvalue weighted by Crippen LogP contribution is -2.37. The number of aromatic nitrogens is 1. The van der Waals surface area contributed by atoms with Crippen molar-refractivity contribution < 1.29 is 18.0 Å². The van der Waals surface area contributed by atoms with E-state index < -0.39 is 10.0 Å². The average Bonchev–Trinajstić information content (AvgIpc) is 2.74. The molecule has 0 saturated heterocycles. The van der Waals surface area contributed by atoms with E-state index in [1.165, 1.54) is 19.3 Å². The molecule has 8 nitrogen and oxygen atoms in total. The molecule has 0 unspecified atom stereocenters. The zero-order valence-electron chi connectivity index (χ0n) is 17.8. The van der Waals surface area contributed by atoms with Crippen molar-refractivity contribution in [3.05, 3.63) is 30.1 Å². The monoisotopic (exact) mass is 440 g/mol. The van der Waals surface area contributed by atoms with Gasteiger partial charge in [0.2, 0.25) is 10.0 Å². The van der Waals surface area contributed by atoms with Crippen molar-refractivity contribution in [2.45, 2.75) is 64.2 Å². The van der Waals surface area contributed by atoms with Gasteiger partial charge in [-0.05, 0) is 49.7 Å². The zero-order chi connectivity index (χ0) is 21.5. The van der Waals surface area contributed by atoms with Crippen molar-refractivity contribution in [3.8, 4) is 0 Å². The maximum Gasteiger partial charge on any atom is 0.314 e. The van der Waals surface area contributed by atoms with Gasteiger partial charge < -0.3 is 10.6 Å². The van der Waals surface area contributed by atoms with Gasteiger partial charge in [0.25, 0.3) is 0 Å². The number of amides is 2. The first-order valence-corrected chi connectivity index (χ1v) is 12.7. The van der Waals surface area contributed by atoms with Crippen molar-refractivity contribution in [1.29, 1.82) is 0 Å². The van der Waals surface area contributed by atoms with Gasteiger partial charge in [-0.1, -0.05) is 43.1 Å². The van der Waals surface area contributed by atoms with E-state index in [-0.39, 0.29) is 11.8 Å². The Morgan fingerprint density at radius 3 is 2.60 bits per heavy atom. The van der Waals surface area contributed by atoms with E-state index in [1.54, 1.807) is 12.4 Å². The Labute approximate surface area is 180 Å². The molecule has 30 heavy (non-hydrogen) atoms. The van der Waals surface area contributed by atoms with Crippen LogP contribution < -0.4 is 15.5 Å². The van der Waals surface area contributed by atoms with Gasteiger partial charge in [0.15, 0.2) is 0 Å². The minimum Gasteiger partial charge on any atom is -0.338 e. The first kappa shape index (κ1) is 24.6. The third-order valence-electron chi connectivity index (χ3n) is 5.28. The van der Waals surface area contributed by atoms with Crippen LogP contribution in [0.3, 0.4) is 0 Å². The molecule has 0 aliphatic heterocycles. The van der Waals surface area contributed by atoms with Crippen LogP contribution in [0.5, 0.6) is 0 Å². The van der Waals surface area contributed by atoms with Gasteiger partial charge in [0.1, 0.15) is 0 Å². The van der Waals surface area contributed by atoms with Crippen LogP contribution in [0.2, 0.25) is 0 Å². The van der Waals surface area contributed by atoms with E-state index in [2.05, 4.69) is 20.5 Å². The van der Waals surface area contributed by atoms with E-state index in [9.17, 15) is 13.2 Å². The Balaban J connectivity index is 1.40. The summed E-state index contributed by atoms with van der Waals surface area (Å²) in [5, 5.41) is 5.64. The summed E-state index contributed by atoms with van der Waals surface area (Å²) >= 11 is 0. The number of hydrogen-bond acceptors (Lipinski definition) is 5. The second-order valence-corrected chi connectivity index (χ2v) is 9.73. The minimum atomic E-state index is -3.38. The SMILES string of the molecule is O=C(NCCCCCCS(=O)(=O)NOCC1CCCCC1)NCCc1cccnc1. The van der Waals surface area contributed by atoms with E-state index in [0.717, 1.165) is 44.1 Å². The highest BCUT2D eigenvalue weighted by atomic mass is 32.2. The zero-order valence-corrected chi connectivity index (χ0v) is 18.6. The highest BCUT2D eigenvalue weighted by Gasteiger charge is 2.15. The minimum absolute atomic E-state index is 0.0694. The third-order valence-corrected chi connectivity index (χ3v) is 6.48. The smallest absolute Gasteiger partial charge is 0.314 e. The van der Waals surface area contributed by atoms with Crippen LogP contribution in [-0.4, -0.2) is 44.9 Å². The van der Waals surface area contributed by atoms with Gasteiger partial charge in [-0.15, -0.1) is 0 Å². The normalized spacial score (nSPS) is 15.1. The summed E-state index contributed by atoms with van der Waals surface area (Å²) in [6.45, 7) is 1.61. The van der Waals surface area contributed by atoms with Crippen molar-refractivity contribution in [3.63, 3.8) is 0 Å². The van der Waals surface area contributed by atoms with Crippen LogP contribution in [0.4, 0.5) is 4.79 Å². The fourth-order valence-electron chi connectivity index (χ4n) is 3.54. The summed E-state index contributed by atoms with van der Waals surface area (Å²) in [5.74, 6) is 0.543. The second-order valence-electron chi connectivity index (χ2n) is 7.93. The number of pyridine rings is 1. The van der Waals surface area contributed by atoms with Gasteiger partial charge in [-0.25, -0.2) is 13.2 Å². The van der Waals surface area contributed by atoms with E-state index in [0.29, 0.717) is 32.0 Å². The number of hydrogen-bond donors (Lipinski definition) is 3. The average molecular weight is 441 g/mol. The van der Waals surface area contributed by atoms with Crippen LogP contribution in [0.1, 0.15) is 63.4 Å². The lowest BCUT2D eigenvalue weighted by Gasteiger charge is -2.20. The van der Waals surface area contributed by atoms with Crippen LogP contribution in [0.25, 0.3) is 0 Å². The number of nitrogens with one attached hydrogen (secondary N) is 3. The Bertz CT molecular complexity index is 694. The van der Waals surface area contributed by atoms with Gasteiger partial charge in [0, 0.05) is 25.5 Å². The lowest BCUT2D eigenvalue weighted by atomic mass is 9.90. The maximum absolute atomic E-state index is 11.9. The van der Waals surface area contributed by atoms with Gasteiger partial charge in [0.05, 0.1) is 12.4 Å². The molecule has 2 amide bonds. The molecule has 1 saturated carbocycles. The fourth-order valence-corrected chi connectivity index (χ4v) is 4.45. The Morgan fingerprint density at radius 2 is 1.83 bits per heavy atom. The topological polar surface area (TPSA) is 109 Å². The molecule has 1 aromatic rings. The van der Waals surface area contributed by atoms with E-state index in [1.807, 2.05) is 12.1 Å². The van der Waals surface area contributed by atoms with Gasteiger partial charge in [-0.2, -0.15) is 0 Å². The number of nitrogens with zero attached hydrogens (tertiary/aromatic N) is 1. The number of carbonyl (C=O) groups excluding carboxylic acids is 1. The largest absolute Gasteiger partial charge is 0.338 e. The quantitative estimate of drug-likeness (QED) is 0.304. The predicted octanol–water partition coefficient (Wildman–Crippen LogP) is 2.92. The number of urea groups is 1. The summed E-state index contributed by atoms with van der Waals surface area (Å²) in [6, 6.07) is 3.67. The Morgan fingerprint density at radius 1 is 1.07 bits per heavy atom. The molecule has 0 radical (unpaired) electrons. The van der Waals surface area contributed by atoms with Crippen molar-refractivity contribution in [2.24, 2.45) is 5.92 Å². The van der Waals surface area contributed by atoms with Crippen LogP contribution >= 0.6 is 0 Å². The molecule has 2 rings (SSSR count). The highest BCUT2D eigenvalue weighted by Crippen LogP contribution is 2.23. The maximum atomic E-state index is 11.9. The molecule has 170 valence electrons. The third kappa shape index (κ3) is 11.5. The molecular weight excluding hydrogens is 404 g/mol. The molecule has 3 N–H and O–H groups in total. The number of unbranched alkanes of at least 4 members (excludes halogenated alkanes) is 3. The van der Waals surface area contributed by atoms with Crippen molar-refractivity contribution in [2.75, 3.05) is 25.4 Å². The summed E-state index contributed by atoms with van der Waals surface area (Å²) < 4.78 is 23.9. The van der Waals surface area contributed by atoms with Gasteiger partial charge in [-0.3, -0.25) is 9.82 Å². The Hall–Kier alpha value is -1.71. The summed E-state index contributed by atoms with van der Waals surface area (Å²) in [6.07, 6.45) is 13.3.